The van der Waals surface area contributed by atoms with Crippen molar-refractivity contribution in [2.45, 2.75) is 19.1 Å². The third-order valence-corrected chi connectivity index (χ3v) is 4.78. The number of benzene rings is 2. The zero-order chi connectivity index (χ0) is 18.6. The lowest BCUT2D eigenvalue weighted by molar-refractivity contribution is 0.142. The van der Waals surface area contributed by atoms with E-state index in [1.807, 2.05) is 24.3 Å². The molecule has 3 aromatic rings. The Hall–Kier alpha value is -3.18. The average Bonchev–Trinajstić information content (AvgIpc) is 3.05. The maximum atomic E-state index is 12.1. The Balaban J connectivity index is 1.40. The van der Waals surface area contributed by atoms with E-state index in [4.69, 9.17) is 9.84 Å². The number of nitrogens with one attached hydrogen (secondary N) is 1. The molecule has 0 spiro atoms. The standard InChI is InChI=1S/C22H20N2O3/c25-13-16-7-5-6-15(24-16)12-23-22(26)27-14-21-19-10-3-1-8-17(19)18-9-2-4-11-20(18)21/h1-11,21,25H,12-14H2,(H,23,26). The van der Waals surface area contributed by atoms with E-state index in [0.717, 1.165) is 0 Å². The van der Waals surface area contributed by atoms with E-state index < -0.39 is 6.09 Å². The molecule has 0 fully saturated rings. The fourth-order valence-electron chi connectivity index (χ4n) is 3.53. The number of aromatic nitrogens is 1. The average molecular weight is 360 g/mol. The summed E-state index contributed by atoms with van der Waals surface area (Å²) >= 11 is 0. The zero-order valence-electron chi connectivity index (χ0n) is 14.8. The number of carbonyl (C=O) groups excluding carboxylic acids is 1. The molecule has 1 heterocycles. The minimum atomic E-state index is -0.479. The first-order chi connectivity index (χ1) is 13.3. The summed E-state index contributed by atoms with van der Waals surface area (Å²) in [6.07, 6.45) is -0.479. The number of ether oxygens (including phenoxy) is 1. The predicted octanol–water partition coefficient (Wildman–Crippen LogP) is 3.61. The van der Waals surface area contributed by atoms with Gasteiger partial charge in [0.15, 0.2) is 0 Å². The molecule has 1 aliphatic carbocycles. The van der Waals surface area contributed by atoms with Crippen LogP contribution in [-0.4, -0.2) is 22.8 Å². The van der Waals surface area contributed by atoms with Gasteiger partial charge in [0, 0.05) is 5.92 Å². The Kier molecular flexibility index (Phi) is 4.85. The highest BCUT2D eigenvalue weighted by molar-refractivity contribution is 5.79. The maximum Gasteiger partial charge on any atom is 0.407 e. The lowest BCUT2D eigenvalue weighted by Crippen LogP contribution is -2.26. The van der Waals surface area contributed by atoms with Crippen LogP contribution < -0.4 is 5.32 Å². The number of hydrogen-bond donors (Lipinski definition) is 2. The van der Waals surface area contributed by atoms with Crippen molar-refractivity contribution >= 4 is 6.09 Å². The lowest BCUT2D eigenvalue weighted by Gasteiger charge is -2.14. The molecule has 0 saturated heterocycles. The first-order valence-electron chi connectivity index (χ1n) is 8.91. The first-order valence-corrected chi connectivity index (χ1v) is 8.91. The van der Waals surface area contributed by atoms with Crippen LogP contribution in [0.15, 0.2) is 66.7 Å². The molecule has 2 aromatic carbocycles. The number of hydrogen-bond acceptors (Lipinski definition) is 4. The Morgan fingerprint density at radius 1 is 0.926 bits per heavy atom. The summed E-state index contributed by atoms with van der Waals surface area (Å²) in [5.41, 5.74) is 6.02. The molecule has 0 atom stereocenters. The molecule has 0 bridgehead atoms. The highest BCUT2D eigenvalue weighted by Crippen LogP contribution is 2.44. The summed E-state index contributed by atoms with van der Waals surface area (Å²) in [7, 11) is 0. The molecule has 136 valence electrons. The molecule has 2 N–H and O–H groups in total. The number of pyridine rings is 1. The van der Waals surface area contributed by atoms with Crippen molar-refractivity contribution in [2.24, 2.45) is 0 Å². The monoisotopic (exact) mass is 360 g/mol. The molecule has 27 heavy (non-hydrogen) atoms. The van der Waals surface area contributed by atoms with Gasteiger partial charge in [0.25, 0.3) is 0 Å². The van der Waals surface area contributed by atoms with Gasteiger partial charge in [-0.2, -0.15) is 0 Å². The second kappa shape index (κ2) is 7.60. The van der Waals surface area contributed by atoms with E-state index in [1.54, 1.807) is 18.2 Å². The molecule has 0 aliphatic heterocycles. The van der Waals surface area contributed by atoms with E-state index in [1.165, 1.54) is 22.3 Å². The lowest BCUT2D eigenvalue weighted by atomic mass is 9.98. The van der Waals surface area contributed by atoms with Crippen molar-refractivity contribution in [1.29, 1.82) is 0 Å². The van der Waals surface area contributed by atoms with Crippen molar-refractivity contribution in [1.82, 2.24) is 10.3 Å². The Morgan fingerprint density at radius 2 is 1.56 bits per heavy atom. The van der Waals surface area contributed by atoms with Gasteiger partial charge in [-0.1, -0.05) is 54.6 Å². The van der Waals surface area contributed by atoms with Crippen molar-refractivity contribution in [2.75, 3.05) is 6.61 Å². The number of alkyl carbamates (subject to hydrolysis) is 1. The smallest absolute Gasteiger partial charge is 0.407 e. The van der Waals surface area contributed by atoms with Gasteiger partial charge >= 0.3 is 6.09 Å². The summed E-state index contributed by atoms with van der Waals surface area (Å²) in [5.74, 6) is 0.0407. The molecule has 5 nitrogen and oxygen atoms in total. The number of aliphatic hydroxyl groups excluding tert-OH is 1. The minimum absolute atomic E-state index is 0.0407. The quantitative estimate of drug-likeness (QED) is 0.729. The second-order valence-corrected chi connectivity index (χ2v) is 6.46. The summed E-state index contributed by atoms with van der Waals surface area (Å²) in [4.78, 5) is 16.4. The summed E-state index contributed by atoms with van der Waals surface area (Å²) in [6.45, 7) is 0.410. The van der Waals surface area contributed by atoms with Crippen LogP contribution >= 0.6 is 0 Å². The van der Waals surface area contributed by atoms with Gasteiger partial charge in [0.2, 0.25) is 0 Å². The normalized spacial score (nSPS) is 12.3. The second-order valence-electron chi connectivity index (χ2n) is 6.46. The summed E-state index contributed by atoms with van der Waals surface area (Å²) < 4.78 is 5.49. The van der Waals surface area contributed by atoms with Crippen LogP contribution in [0.4, 0.5) is 4.79 Å². The van der Waals surface area contributed by atoms with Gasteiger partial charge in [0.05, 0.1) is 24.5 Å². The van der Waals surface area contributed by atoms with E-state index in [-0.39, 0.29) is 25.7 Å². The van der Waals surface area contributed by atoms with Crippen molar-refractivity contribution in [3.8, 4) is 11.1 Å². The number of nitrogens with zero attached hydrogens (tertiary/aromatic N) is 1. The maximum absolute atomic E-state index is 12.1. The molecule has 0 saturated carbocycles. The highest BCUT2D eigenvalue weighted by atomic mass is 16.5. The Morgan fingerprint density at radius 3 is 2.22 bits per heavy atom. The fraction of sp³-hybridized carbons (Fsp3) is 0.182. The van der Waals surface area contributed by atoms with Gasteiger partial charge in [-0.05, 0) is 34.4 Å². The molecule has 4 rings (SSSR count). The van der Waals surface area contributed by atoms with Crippen molar-refractivity contribution in [3.63, 3.8) is 0 Å². The summed E-state index contributed by atoms with van der Waals surface area (Å²) in [5, 5.41) is 11.8. The van der Waals surface area contributed by atoms with E-state index in [9.17, 15) is 4.79 Å². The van der Waals surface area contributed by atoms with Crippen LogP contribution in [0.5, 0.6) is 0 Å². The van der Waals surface area contributed by atoms with Crippen LogP contribution in [0.3, 0.4) is 0 Å². The highest BCUT2D eigenvalue weighted by Gasteiger charge is 2.28. The third-order valence-electron chi connectivity index (χ3n) is 4.78. The molecule has 1 aromatic heterocycles. The number of carbonyl (C=O) groups is 1. The van der Waals surface area contributed by atoms with Crippen LogP contribution in [0.1, 0.15) is 28.4 Å². The van der Waals surface area contributed by atoms with Gasteiger partial charge in [-0.3, -0.25) is 4.98 Å². The van der Waals surface area contributed by atoms with Gasteiger partial charge in [0.1, 0.15) is 6.61 Å². The summed E-state index contributed by atoms with van der Waals surface area (Å²) in [6, 6.07) is 21.8. The van der Waals surface area contributed by atoms with Crippen molar-refractivity contribution < 1.29 is 14.6 Å². The van der Waals surface area contributed by atoms with Gasteiger partial charge < -0.3 is 15.2 Å². The van der Waals surface area contributed by atoms with Gasteiger partial charge in [-0.15, -0.1) is 0 Å². The van der Waals surface area contributed by atoms with Gasteiger partial charge in [-0.25, -0.2) is 4.79 Å². The number of fused-ring (bicyclic) bond motifs is 3. The molecule has 0 unspecified atom stereocenters. The molecule has 1 amide bonds. The van der Waals surface area contributed by atoms with Crippen molar-refractivity contribution in [3.05, 3.63) is 89.2 Å². The SMILES string of the molecule is O=C(NCc1cccc(CO)n1)OCC1c2ccccc2-c2ccccc21. The van der Waals surface area contributed by atoms with Crippen LogP contribution in [-0.2, 0) is 17.9 Å². The van der Waals surface area contributed by atoms with E-state index >= 15 is 0 Å². The van der Waals surface area contributed by atoms with E-state index in [2.05, 4.69) is 34.6 Å². The first kappa shape index (κ1) is 17.2. The van der Waals surface area contributed by atoms with Crippen LogP contribution in [0.2, 0.25) is 0 Å². The van der Waals surface area contributed by atoms with Crippen LogP contribution in [0.25, 0.3) is 11.1 Å². The van der Waals surface area contributed by atoms with Crippen LogP contribution in [0, 0.1) is 0 Å². The molecule has 1 aliphatic rings. The molecule has 5 heteroatoms. The Labute approximate surface area is 157 Å². The largest absolute Gasteiger partial charge is 0.449 e. The predicted molar refractivity (Wildman–Crippen MR) is 102 cm³/mol. The zero-order valence-corrected chi connectivity index (χ0v) is 14.8. The number of amides is 1. The van der Waals surface area contributed by atoms with E-state index in [0.29, 0.717) is 11.4 Å². The number of aliphatic hydroxyl groups is 1. The topological polar surface area (TPSA) is 71.5 Å². The molecule has 0 radical (unpaired) electrons. The minimum Gasteiger partial charge on any atom is -0.449 e. The third kappa shape index (κ3) is 3.55. The number of rotatable bonds is 5. The molecular formula is C22H20N2O3. The molecular weight excluding hydrogens is 340 g/mol. The fourth-order valence-corrected chi connectivity index (χ4v) is 3.53. The Bertz CT molecular complexity index is 926.